The molecule has 0 saturated heterocycles. The molecule has 1 heterocycles. The molecule has 0 bridgehead atoms. The van der Waals surface area contributed by atoms with Gasteiger partial charge in [-0.2, -0.15) is 4.98 Å². The van der Waals surface area contributed by atoms with Gasteiger partial charge < -0.3 is 30.3 Å². The van der Waals surface area contributed by atoms with Gasteiger partial charge in [-0.05, 0) is 12.8 Å². The number of methoxy groups -OCH3 is 2. The van der Waals surface area contributed by atoms with Crippen LogP contribution in [0.2, 0.25) is 10.0 Å². The molecule has 1 aromatic carbocycles. The first-order valence-corrected chi connectivity index (χ1v) is 11.4. The number of amides is 1. The number of benzene rings is 1. The number of hydrogen-bond donors (Lipinski definition) is 2. The van der Waals surface area contributed by atoms with Crippen molar-refractivity contribution in [1.29, 1.82) is 0 Å². The van der Waals surface area contributed by atoms with Gasteiger partial charge in [0.25, 0.3) is 0 Å². The van der Waals surface area contributed by atoms with Crippen molar-refractivity contribution in [3.63, 3.8) is 0 Å². The normalized spacial score (nSPS) is 17.9. The van der Waals surface area contributed by atoms with Gasteiger partial charge in [-0.25, -0.2) is 4.98 Å². The van der Waals surface area contributed by atoms with Crippen molar-refractivity contribution in [2.75, 3.05) is 43.4 Å². The van der Waals surface area contributed by atoms with Crippen molar-refractivity contribution >= 4 is 47.1 Å². The standard InChI is InChI=1S/C22H30Cl2N6O3/c1-29(2)21-13(10-26-22(28-21)27-15-8-6-5-7-14(15)25)11-30(12-31)20-18(23)16(32-3)9-17(33-4)19(20)24/h9-10,12,14-15H,5-8,11,25H2,1-4H3,(H,26,27,28). The van der Waals surface area contributed by atoms with E-state index in [1.807, 2.05) is 19.0 Å². The second-order valence-electron chi connectivity index (χ2n) is 8.13. The second-order valence-corrected chi connectivity index (χ2v) is 8.88. The Bertz CT molecular complexity index is 963. The molecule has 2 aromatic rings. The molecule has 1 amide bonds. The van der Waals surface area contributed by atoms with E-state index in [1.54, 1.807) is 12.3 Å². The molecule has 1 fully saturated rings. The summed E-state index contributed by atoms with van der Waals surface area (Å²) >= 11 is 13.0. The van der Waals surface area contributed by atoms with Crippen LogP contribution in [0.1, 0.15) is 31.2 Å². The predicted molar refractivity (Wildman–Crippen MR) is 132 cm³/mol. The summed E-state index contributed by atoms with van der Waals surface area (Å²) in [7, 11) is 6.71. The fourth-order valence-electron chi connectivity index (χ4n) is 3.95. The molecule has 0 radical (unpaired) electrons. The lowest BCUT2D eigenvalue weighted by Crippen LogP contribution is -2.43. The van der Waals surface area contributed by atoms with Crippen molar-refractivity contribution in [1.82, 2.24) is 9.97 Å². The highest BCUT2D eigenvalue weighted by Crippen LogP contribution is 2.46. The number of hydrogen-bond acceptors (Lipinski definition) is 8. The van der Waals surface area contributed by atoms with Crippen molar-refractivity contribution in [2.24, 2.45) is 5.73 Å². The third-order valence-corrected chi connectivity index (χ3v) is 6.44. The predicted octanol–water partition coefficient (Wildman–Crippen LogP) is 3.71. The van der Waals surface area contributed by atoms with Crippen LogP contribution >= 0.6 is 23.2 Å². The van der Waals surface area contributed by atoms with E-state index in [2.05, 4.69) is 15.3 Å². The van der Waals surface area contributed by atoms with Gasteiger partial charge >= 0.3 is 0 Å². The Morgan fingerprint density at radius 3 is 2.36 bits per heavy atom. The largest absolute Gasteiger partial charge is 0.495 e. The van der Waals surface area contributed by atoms with Crippen molar-refractivity contribution < 1.29 is 14.3 Å². The van der Waals surface area contributed by atoms with Crippen LogP contribution in [0.15, 0.2) is 12.3 Å². The quantitative estimate of drug-likeness (QED) is 0.506. The van der Waals surface area contributed by atoms with E-state index < -0.39 is 0 Å². The molecule has 1 aromatic heterocycles. The van der Waals surface area contributed by atoms with E-state index in [0.29, 0.717) is 35.2 Å². The Kier molecular flexibility index (Phi) is 8.45. The van der Waals surface area contributed by atoms with E-state index >= 15 is 0 Å². The third kappa shape index (κ3) is 5.54. The van der Waals surface area contributed by atoms with Gasteiger partial charge in [0.2, 0.25) is 12.4 Å². The highest BCUT2D eigenvalue weighted by atomic mass is 35.5. The Morgan fingerprint density at radius 2 is 1.82 bits per heavy atom. The molecular formula is C22H30Cl2N6O3. The van der Waals surface area contributed by atoms with Crippen LogP contribution in [0.25, 0.3) is 0 Å². The average Bonchev–Trinajstić information content (AvgIpc) is 2.80. The first kappa shape index (κ1) is 25.1. The summed E-state index contributed by atoms with van der Waals surface area (Å²) in [6.07, 6.45) is 6.58. The third-order valence-electron chi connectivity index (χ3n) is 5.70. The molecule has 1 aliphatic rings. The highest BCUT2D eigenvalue weighted by molar-refractivity contribution is 6.41. The molecule has 0 spiro atoms. The molecule has 1 saturated carbocycles. The zero-order valence-corrected chi connectivity index (χ0v) is 20.8. The minimum Gasteiger partial charge on any atom is -0.495 e. The van der Waals surface area contributed by atoms with E-state index in [0.717, 1.165) is 25.7 Å². The fraction of sp³-hybridized carbons (Fsp3) is 0.500. The number of nitrogens with two attached hydrogens (primary N) is 1. The molecular weight excluding hydrogens is 467 g/mol. The van der Waals surface area contributed by atoms with E-state index in [9.17, 15) is 4.79 Å². The Hall–Kier alpha value is -2.49. The van der Waals surface area contributed by atoms with E-state index in [1.165, 1.54) is 19.1 Å². The van der Waals surface area contributed by atoms with Crippen LogP contribution in [0.3, 0.4) is 0 Å². The Labute approximate surface area is 204 Å². The van der Waals surface area contributed by atoms with Crippen LogP contribution in [0.5, 0.6) is 11.5 Å². The number of nitrogens with one attached hydrogen (secondary N) is 1. The number of halogens is 2. The SMILES string of the molecule is COc1cc(OC)c(Cl)c(N(C=O)Cc2cnc(NC3CCCCC3N)nc2N(C)C)c1Cl. The van der Waals surface area contributed by atoms with Gasteiger partial charge in [0, 0.05) is 44.0 Å². The first-order chi connectivity index (χ1) is 15.8. The summed E-state index contributed by atoms with van der Waals surface area (Å²) in [5.41, 5.74) is 7.25. The summed E-state index contributed by atoms with van der Waals surface area (Å²) in [5, 5.41) is 3.77. The Morgan fingerprint density at radius 1 is 1.18 bits per heavy atom. The number of aromatic nitrogens is 2. The number of anilines is 3. The summed E-state index contributed by atoms with van der Waals surface area (Å²) in [6, 6.07) is 1.78. The molecule has 2 unspecified atom stereocenters. The number of rotatable bonds is 9. The van der Waals surface area contributed by atoms with Gasteiger partial charge in [0.05, 0.1) is 26.5 Å². The van der Waals surface area contributed by atoms with Crippen LogP contribution in [0, 0.1) is 0 Å². The summed E-state index contributed by atoms with van der Waals surface area (Å²) in [5.74, 6) is 1.84. The zero-order valence-electron chi connectivity index (χ0n) is 19.3. The van der Waals surface area contributed by atoms with Crippen LogP contribution in [0.4, 0.5) is 17.5 Å². The molecule has 3 N–H and O–H groups in total. The van der Waals surface area contributed by atoms with Crippen molar-refractivity contribution in [3.8, 4) is 11.5 Å². The molecule has 11 heteroatoms. The maximum absolute atomic E-state index is 12.1. The van der Waals surface area contributed by atoms with Gasteiger partial charge in [0.15, 0.2) is 0 Å². The summed E-state index contributed by atoms with van der Waals surface area (Å²) < 4.78 is 10.6. The molecule has 9 nitrogen and oxygen atoms in total. The van der Waals surface area contributed by atoms with Crippen molar-refractivity contribution in [3.05, 3.63) is 27.9 Å². The monoisotopic (exact) mass is 496 g/mol. The molecule has 33 heavy (non-hydrogen) atoms. The lowest BCUT2D eigenvalue weighted by molar-refractivity contribution is -0.107. The second kappa shape index (κ2) is 11.1. The maximum Gasteiger partial charge on any atom is 0.224 e. The van der Waals surface area contributed by atoms with E-state index in [-0.39, 0.29) is 34.4 Å². The zero-order chi connectivity index (χ0) is 24.1. The average molecular weight is 497 g/mol. The van der Waals surface area contributed by atoms with Crippen molar-refractivity contribution in [2.45, 2.75) is 44.3 Å². The lowest BCUT2D eigenvalue weighted by atomic mass is 9.91. The van der Waals surface area contributed by atoms with Gasteiger partial charge in [-0.1, -0.05) is 36.0 Å². The topological polar surface area (TPSA) is 106 Å². The number of ether oxygens (including phenoxy) is 2. The van der Waals surface area contributed by atoms with E-state index in [4.69, 9.17) is 38.4 Å². The van der Waals surface area contributed by atoms with Gasteiger partial charge in [-0.3, -0.25) is 4.79 Å². The molecule has 3 rings (SSSR count). The van der Waals surface area contributed by atoms with Gasteiger partial charge in [0.1, 0.15) is 27.4 Å². The Balaban J connectivity index is 1.94. The first-order valence-electron chi connectivity index (χ1n) is 10.7. The molecule has 0 aliphatic heterocycles. The van der Waals surface area contributed by atoms with Crippen LogP contribution in [-0.4, -0.2) is 56.8 Å². The smallest absolute Gasteiger partial charge is 0.224 e. The maximum atomic E-state index is 12.1. The minimum atomic E-state index is 0.0720. The summed E-state index contributed by atoms with van der Waals surface area (Å²) in [6.45, 7) is 0.135. The number of carbonyl (C=O) groups is 1. The van der Waals surface area contributed by atoms with Crippen LogP contribution in [-0.2, 0) is 11.3 Å². The number of carbonyl (C=O) groups excluding carboxylic acids is 1. The lowest BCUT2D eigenvalue weighted by Gasteiger charge is -2.30. The fourth-order valence-corrected chi connectivity index (χ4v) is 4.67. The molecule has 2 atom stereocenters. The molecule has 1 aliphatic carbocycles. The molecule has 180 valence electrons. The minimum absolute atomic E-state index is 0.0720. The van der Waals surface area contributed by atoms with Crippen LogP contribution < -0.4 is 30.3 Å². The highest BCUT2D eigenvalue weighted by Gasteiger charge is 2.25. The number of nitrogens with zero attached hydrogens (tertiary/aromatic N) is 4. The van der Waals surface area contributed by atoms with Gasteiger partial charge in [-0.15, -0.1) is 0 Å². The summed E-state index contributed by atoms with van der Waals surface area (Å²) in [4.78, 5) is 24.5.